The second-order valence-corrected chi connectivity index (χ2v) is 9.32. The Hall–Kier alpha value is -2.97. The Bertz CT molecular complexity index is 1160. The zero-order valence-corrected chi connectivity index (χ0v) is 19.5. The minimum absolute atomic E-state index is 0.00920. The van der Waals surface area contributed by atoms with Crippen molar-refractivity contribution in [3.8, 4) is 23.0 Å². The number of fused-ring (bicyclic) bond motifs is 7. The predicted octanol–water partition coefficient (Wildman–Crippen LogP) is 2.13. The van der Waals surface area contributed by atoms with E-state index < -0.39 is 12.1 Å². The second kappa shape index (κ2) is 7.53. The van der Waals surface area contributed by atoms with Crippen LogP contribution in [0.25, 0.3) is 0 Å². The molecule has 176 valence electrons. The van der Waals surface area contributed by atoms with Crippen molar-refractivity contribution in [2.75, 3.05) is 27.9 Å². The van der Waals surface area contributed by atoms with E-state index in [0.717, 1.165) is 27.8 Å². The summed E-state index contributed by atoms with van der Waals surface area (Å²) >= 11 is 0. The summed E-state index contributed by atoms with van der Waals surface area (Å²) in [6, 6.07) is 2.23. The highest BCUT2D eigenvalue weighted by Crippen LogP contribution is 2.53. The number of carbonyl (C=O) groups is 1. The van der Waals surface area contributed by atoms with Gasteiger partial charge in [0.1, 0.15) is 0 Å². The van der Waals surface area contributed by atoms with Crippen LogP contribution in [-0.4, -0.2) is 71.0 Å². The lowest BCUT2D eigenvalue weighted by atomic mass is 9.73. The highest BCUT2D eigenvalue weighted by molar-refractivity contribution is 5.86. The number of phenolic OH excluding ortho intramolecular Hbond substituents is 2. The van der Waals surface area contributed by atoms with Gasteiger partial charge in [0.25, 0.3) is 0 Å². The first kappa shape index (κ1) is 21.9. The molecule has 3 N–H and O–H groups in total. The van der Waals surface area contributed by atoms with Gasteiger partial charge in [0.2, 0.25) is 5.91 Å². The molecule has 2 aromatic rings. The van der Waals surface area contributed by atoms with Crippen LogP contribution in [0.5, 0.6) is 23.0 Å². The number of rotatable bonds is 3. The van der Waals surface area contributed by atoms with Crippen LogP contribution in [0.4, 0.5) is 0 Å². The van der Waals surface area contributed by atoms with Crippen molar-refractivity contribution >= 4 is 5.91 Å². The molecule has 1 fully saturated rings. The van der Waals surface area contributed by atoms with Gasteiger partial charge >= 0.3 is 0 Å². The van der Waals surface area contributed by atoms with Gasteiger partial charge in [-0.05, 0) is 62.1 Å². The van der Waals surface area contributed by atoms with Gasteiger partial charge in [-0.3, -0.25) is 9.69 Å². The number of aliphatic hydroxyl groups is 1. The molecule has 0 aromatic heterocycles. The molecule has 3 aliphatic rings. The van der Waals surface area contributed by atoms with Gasteiger partial charge < -0.3 is 29.7 Å². The van der Waals surface area contributed by atoms with E-state index in [2.05, 4.69) is 4.90 Å². The van der Waals surface area contributed by atoms with Gasteiger partial charge in [-0.15, -0.1) is 0 Å². The van der Waals surface area contributed by atoms with E-state index in [9.17, 15) is 20.1 Å². The summed E-state index contributed by atoms with van der Waals surface area (Å²) in [4.78, 5) is 17.7. The third-order valence-electron chi connectivity index (χ3n) is 7.78. The van der Waals surface area contributed by atoms with Gasteiger partial charge in [-0.25, -0.2) is 0 Å². The van der Waals surface area contributed by atoms with E-state index in [-0.39, 0.29) is 36.1 Å². The summed E-state index contributed by atoms with van der Waals surface area (Å²) in [6.07, 6.45) is 0.983. The first-order chi connectivity index (χ1) is 15.7. The molecule has 0 radical (unpaired) electrons. The number of hydrogen-bond donors (Lipinski definition) is 3. The fraction of sp³-hybridized carbons (Fsp3) is 0.480. The average Bonchev–Trinajstić information content (AvgIpc) is 2.77. The summed E-state index contributed by atoms with van der Waals surface area (Å²) in [7, 11) is 5.01. The van der Waals surface area contributed by atoms with Crippen molar-refractivity contribution in [3.05, 3.63) is 45.5 Å². The first-order valence-corrected chi connectivity index (χ1v) is 11.2. The summed E-state index contributed by atoms with van der Waals surface area (Å²) in [5.74, 6) is 0.799. The molecule has 8 nitrogen and oxygen atoms in total. The molecule has 0 aliphatic carbocycles. The zero-order chi connectivity index (χ0) is 23.8. The third kappa shape index (κ3) is 2.80. The number of nitrogens with zero attached hydrogens (tertiary/aromatic N) is 2. The van der Waals surface area contributed by atoms with Crippen LogP contribution < -0.4 is 9.47 Å². The molecule has 4 atom stereocenters. The maximum absolute atomic E-state index is 13.8. The number of aliphatic hydroxyl groups excluding tert-OH is 1. The number of ether oxygens (including phenoxy) is 2. The van der Waals surface area contributed by atoms with Gasteiger partial charge in [0, 0.05) is 11.1 Å². The molecule has 2 aromatic carbocycles. The smallest absolute Gasteiger partial charge is 0.241 e. The van der Waals surface area contributed by atoms with Crippen molar-refractivity contribution < 1.29 is 29.6 Å². The summed E-state index contributed by atoms with van der Waals surface area (Å²) < 4.78 is 10.9. The highest BCUT2D eigenvalue weighted by Gasteiger charge is 2.54. The number of aromatic hydroxyl groups is 2. The Labute approximate surface area is 193 Å². The number of amides is 1. The third-order valence-corrected chi connectivity index (χ3v) is 7.78. The van der Waals surface area contributed by atoms with Crippen LogP contribution in [0.15, 0.2) is 12.1 Å². The maximum Gasteiger partial charge on any atom is 0.241 e. The van der Waals surface area contributed by atoms with Crippen LogP contribution in [0.2, 0.25) is 0 Å². The molecular weight excluding hydrogens is 424 g/mol. The Morgan fingerprint density at radius 2 is 1.70 bits per heavy atom. The first-order valence-electron chi connectivity index (χ1n) is 11.2. The van der Waals surface area contributed by atoms with Crippen molar-refractivity contribution in [3.63, 3.8) is 0 Å². The molecule has 33 heavy (non-hydrogen) atoms. The largest absolute Gasteiger partial charge is 0.504 e. The molecule has 0 spiro atoms. The molecule has 5 rings (SSSR count). The molecular formula is C25H30N2O6. The number of phenols is 2. The maximum atomic E-state index is 13.8. The molecule has 1 amide bonds. The topological polar surface area (TPSA) is 103 Å². The molecule has 0 unspecified atom stereocenters. The summed E-state index contributed by atoms with van der Waals surface area (Å²) in [5, 5.41) is 31.9. The number of benzene rings is 2. The lowest BCUT2D eigenvalue weighted by molar-refractivity contribution is -0.158. The van der Waals surface area contributed by atoms with Crippen molar-refractivity contribution in [1.82, 2.24) is 9.80 Å². The van der Waals surface area contributed by atoms with E-state index in [0.29, 0.717) is 29.9 Å². The number of carbonyl (C=O) groups excluding carboxylic acids is 1. The number of piperazine rings is 1. The fourth-order valence-electron chi connectivity index (χ4n) is 6.47. The lowest BCUT2D eigenvalue weighted by Crippen LogP contribution is -2.67. The van der Waals surface area contributed by atoms with Gasteiger partial charge in [-0.2, -0.15) is 0 Å². The van der Waals surface area contributed by atoms with Crippen LogP contribution in [0.3, 0.4) is 0 Å². The van der Waals surface area contributed by atoms with Crippen LogP contribution in [0.1, 0.15) is 45.5 Å². The second-order valence-electron chi connectivity index (χ2n) is 9.32. The Kier molecular flexibility index (Phi) is 4.99. The monoisotopic (exact) mass is 454 g/mol. The van der Waals surface area contributed by atoms with Gasteiger partial charge in [0.15, 0.2) is 23.0 Å². The van der Waals surface area contributed by atoms with Gasteiger partial charge in [0.05, 0.1) is 45.0 Å². The quantitative estimate of drug-likeness (QED) is 0.653. The SMILES string of the molecule is COc1c(O)cc2c(c1C)[C@@H]1[C@@H]3Cc4cc(C)c(OC)c(O)c4[C@H](CO)N3C(=O)[C@H](C2)N1C. The highest BCUT2D eigenvalue weighted by atomic mass is 16.5. The van der Waals surface area contributed by atoms with E-state index in [1.165, 1.54) is 14.2 Å². The molecule has 3 heterocycles. The van der Waals surface area contributed by atoms with Crippen LogP contribution in [0, 0.1) is 13.8 Å². The molecule has 3 aliphatic heterocycles. The molecule has 0 saturated carbocycles. The Balaban J connectivity index is 1.74. The number of likely N-dealkylation sites (N-methyl/N-ethyl adjacent to an activating group) is 1. The lowest BCUT2D eigenvalue weighted by Gasteiger charge is -2.57. The average molecular weight is 455 g/mol. The standard InChI is InChI=1S/C25H30N2O6/c1-11-6-13-7-15-21-19-12(2)24(33-5)18(29)9-14(19)8-16(26(21)3)25(31)27(15)17(10-28)20(13)22(30)23(11)32-4/h6,9,15-17,21,28-30H,7-8,10H2,1-5H3/t15-,16-,17-,21-/m0/s1. The molecule has 2 bridgehead atoms. The van der Waals surface area contributed by atoms with Crippen LogP contribution in [-0.2, 0) is 17.6 Å². The minimum Gasteiger partial charge on any atom is -0.504 e. The summed E-state index contributed by atoms with van der Waals surface area (Å²) in [5.41, 5.74) is 5.14. The molecule has 1 saturated heterocycles. The van der Waals surface area contributed by atoms with Crippen molar-refractivity contribution in [2.45, 2.75) is 50.9 Å². The van der Waals surface area contributed by atoms with Crippen molar-refractivity contribution in [2.24, 2.45) is 0 Å². The normalized spacial score (nSPS) is 25.9. The van der Waals surface area contributed by atoms with Crippen LogP contribution >= 0.6 is 0 Å². The minimum atomic E-state index is -0.666. The number of methoxy groups -OCH3 is 2. The molecule has 8 heteroatoms. The van der Waals surface area contributed by atoms with Gasteiger partial charge in [-0.1, -0.05) is 6.07 Å². The van der Waals surface area contributed by atoms with E-state index in [1.807, 2.05) is 27.0 Å². The number of hydrogen-bond acceptors (Lipinski definition) is 7. The predicted molar refractivity (Wildman–Crippen MR) is 121 cm³/mol. The van der Waals surface area contributed by atoms with Crippen molar-refractivity contribution in [1.29, 1.82) is 0 Å². The van der Waals surface area contributed by atoms with E-state index in [1.54, 1.807) is 11.0 Å². The summed E-state index contributed by atoms with van der Waals surface area (Å²) in [6.45, 7) is 3.51. The Morgan fingerprint density at radius 3 is 2.33 bits per heavy atom. The Morgan fingerprint density at radius 1 is 1.03 bits per heavy atom. The number of aryl methyl sites for hydroxylation is 1. The zero-order valence-electron chi connectivity index (χ0n) is 19.5. The fourth-order valence-corrected chi connectivity index (χ4v) is 6.47. The van der Waals surface area contributed by atoms with E-state index in [4.69, 9.17) is 9.47 Å². The van der Waals surface area contributed by atoms with E-state index >= 15 is 0 Å².